The van der Waals surface area contributed by atoms with E-state index in [9.17, 15) is 9.59 Å². The fourth-order valence-electron chi connectivity index (χ4n) is 2.36. The van der Waals surface area contributed by atoms with Gasteiger partial charge in [0.05, 0.1) is 12.5 Å². The van der Waals surface area contributed by atoms with Crippen LogP contribution in [0.1, 0.15) is 41.9 Å². The first-order chi connectivity index (χ1) is 9.53. The molecule has 1 aromatic carbocycles. The van der Waals surface area contributed by atoms with Gasteiger partial charge in [0.1, 0.15) is 22.7 Å². The van der Waals surface area contributed by atoms with Gasteiger partial charge in [-0.15, -0.1) is 0 Å². The Morgan fingerprint density at radius 2 is 2.00 bits per heavy atom. The van der Waals surface area contributed by atoms with Crippen LogP contribution in [0.4, 0.5) is 0 Å². The van der Waals surface area contributed by atoms with Gasteiger partial charge in [0.15, 0.2) is 5.78 Å². The summed E-state index contributed by atoms with van der Waals surface area (Å²) in [4.78, 5) is 24.6. The summed E-state index contributed by atoms with van der Waals surface area (Å²) < 4.78 is 11.0. The highest BCUT2D eigenvalue weighted by molar-refractivity contribution is 5.99. The molecule has 0 fully saturated rings. The molecule has 4 nitrogen and oxygen atoms in total. The maximum atomic E-state index is 12.6. The Hall–Kier alpha value is -2.10. The number of ether oxygens (including phenoxy) is 1. The van der Waals surface area contributed by atoms with Crippen LogP contribution in [-0.4, -0.2) is 12.9 Å². The number of methoxy groups -OCH3 is 1. The lowest BCUT2D eigenvalue weighted by atomic mass is 10.0. The largest absolute Gasteiger partial charge is 0.497 e. The lowest BCUT2D eigenvalue weighted by molar-refractivity contribution is 0.0984. The minimum absolute atomic E-state index is 0.173. The van der Waals surface area contributed by atoms with E-state index >= 15 is 0 Å². The molecular formula is C16H18O4. The number of carbonyl (C=O) groups excluding carboxylic acids is 1. The Labute approximate surface area is 117 Å². The molecule has 0 aliphatic rings. The van der Waals surface area contributed by atoms with Crippen molar-refractivity contribution in [2.75, 3.05) is 7.11 Å². The van der Waals surface area contributed by atoms with E-state index in [1.165, 1.54) is 0 Å². The number of fused-ring (bicyclic) bond motifs is 1. The fourth-order valence-corrected chi connectivity index (χ4v) is 2.36. The zero-order valence-corrected chi connectivity index (χ0v) is 12.2. The molecule has 0 unspecified atom stereocenters. The van der Waals surface area contributed by atoms with Gasteiger partial charge in [-0.25, -0.2) is 0 Å². The first-order valence-electron chi connectivity index (χ1n) is 6.70. The lowest BCUT2D eigenvalue weighted by Crippen LogP contribution is -2.18. The SMILES string of the molecule is CCC(=O)c1c(CC)oc2cc(OC)cc(C)c2c1=O. The van der Waals surface area contributed by atoms with Gasteiger partial charge >= 0.3 is 0 Å². The molecule has 0 aliphatic carbocycles. The third-order valence-electron chi connectivity index (χ3n) is 3.40. The molecule has 0 saturated carbocycles. The Morgan fingerprint density at radius 1 is 1.30 bits per heavy atom. The molecule has 4 heteroatoms. The molecule has 20 heavy (non-hydrogen) atoms. The van der Waals surface area contributed by atoms with Crippen LogP contribution in [0.25, 0.3) is 11.0 Å². The number of hydrogen-bond donors (Lipinski definition) is 0. The summed E-state index contributed by atoms with van der Waals surface area (Å²) in [5, 5.41) is 0.458. The Balaban J connectivity index is 2.91. The smallest absolute Gasteiger partial charge is 0.204 e. The normalized spacial score (nSPS) is 10.8. The monoisotopic (exact) mass is 274 g/mol. The standard InChI is InChI=1S/C16H18O4/c1-5-11(17)15-12(6-2)20-13-8-10(19-4)7-9(3)14(13)16(15)18/h7-8H,5-6H2,1-4H3. The Morgan fingerprint density at radius 3 is 2.55 bits per heavy atom. The number of ketones is 1. The van der Waals surface area contributed by atoms with Gasteiger partial charge in [0.25, 0.3) is 0 Å². The van der Waals surface area contributed by atoms with E-state index in [-0.39, 0.29) is 16.8 Å². The van der Waals surface area contributed by atoms with Crippen molar-refractivity contribution >= 4 is 16.8 Å². The van der Waals surface area contributed by atoms with Gasteiger partial charge in [0, 0.05) is 18.9 Å². The summed E-state index contributed by atoms with van der Waals surface area (Å²) in [6.45, 7) is 5.42. The second kappa shape index (κ2) is 5.49. The molecule has 2 aromatic rings. The molecule has 0 aliphatic heterocycles. The average Bonchev–Trinajstić information content (AvgIpc) is 2.45. The first-order valence-corrected chi connectivity index (χ1v) is 6.70. The third-order valence-corrected chi connectivity index (χ3v) is 3.40. The fraction of sp³-hybridized carbons (Fsp3) is 0.375. The summed E-state index contributed by atoms with van der Waals surface area (Å²) >= 11 is 0. The maximum absolute atomic E-state index is 12.6. The number of rotatable bonds is 4. The van der Waals surface area contributed by atoms with Gasteiger partial charge < -0.3 is 9.15 Å². The number of benzene rings is 1. The van der Waals surface area contributed by atoms with E-state index in [0.29, 0.717) is 35.3 Å². The van der Waals surface area contributed by atoms with Gasteiger partial charge in [-0.05, 0) is 18.6 Å². The number of Topliss-reactive ketones (excluding diaryl/α,β-unsaturated/α-hetero) is 1. The number of hydrogen-bond acceptors (Lipinski definition) is 4. The quantitative estimate of drug-likeness (QED) is 0.803. The molecule has 1 aromatic heterocycles. The summed E-state index contributed by atoms with van der Waals surface area (Å²) in [7, 11) is 1.56. The second-order valence-electron chi connectivity index (χ2n) is 4.68. The van der Waals surface area contributed by atoms with Crippen molar-refractivity contribution in [1.29, 1.82) is 0 Å². The molecule has 0 atom stereocenters. The van der Waals surface area contributed by atoms with E-state index in [4.69, 9.17) is 9.15 Å². The van der Waals surface area contributed by atoms with E-state index in [1.54, 1.807) is 26.2 Å². The highest BCUT2D eigenvalue weighted by Gasteiger charge is 2.20. The summed E-state index contributed by atoms with van der Waals surface area (Å²) in [6, 6.07) is 3.45. The minimum atomic E-state index is -0.241. The molecule has 0 spiro atoms. The van der Waals surface area contributed by atoms with Gasteiger partial charge in [0.2, 0.25) is 5.43 Å². The van der Waals surface area contributed by atoms with Crippen molar-refractivity contribution < 1.29 is 13.9 Å². The van der Waals surface area contributed by atoms with Gasteiger partial charge in [-0.1, -0.05) is 13.8 Å². The predicted octanol–water partition coefficient (Wildman–Crippen LogP) is 3.27. The molecule has 0 radical (unpaired) electrons. The molecule has 106 valence electrons. The van der Waals surface area contributed by atoms with Crippen molar-refractivity contribution in [1.82, 2.24) is 0 Å². The summed E-state index contributed by atoms with van der Waals surface area (Å²) in [5.74, 6) is 0.907. The van der Waals surface area contributed by atoms with Crippen molar-refractivity contribution in [3.05, 3.63) is 39.2 Å². The molecule has 0 N–H and O–H groups in total. The van der Waals surface area contributed by atoms with Crippen LogP contribution in [-0.2, 0) is 6.42 Å². The van der Waals surface area contributed by atoms with Crippen molar-refractivity contribution in [3.63, 3.8) is 0 Å². The van der Waals surface area contributed by atoms with E-state index in [1.807, 2.05) is 13.8 Å². The highest BCUT2D eigenvalue weighted by atomic mass is 16.5. The topological polar surface area (TPSA) is 56.5 Å². The molecule has 0 saturated heterocycles. The Bertz CT molecular complexity index is 725. The molecule has 1 heterocycles. The van der Waals surface area contributed by atoms with Gasteiger partial charge in [-0.3, -0.25) is 9.59 Å². The van der Waals surface area contributed by atoms with Crippen molar-refractivity contribution in [2.24, 2.45) is 0 Å². The predicted molar refractivity (Wildman–Crippen MR) is 77.8 cm³/mol. The summed E-state index contributed by atoms with van der Waals surface area (Å²) in [6.07, 6.45) is 0.793. The van der Waals surface area contributed by atoms with Crippen LogP contribution in [0.15, 0.2) is 21.3 Å². The first kappa shape index (κ1) is 14.3. The van der Waals surface area contributed by atoms with Crippen LogP contribution in [0.3, 0.4) is 0 Å². The van der Waals surface area contributed by atoms with Crippen molar-refractivity contribution in [3.8, 4) is 5.75 Å². The zero-order valence-electron chi connectivity index (χ0n) is 12.2. The van der Waals surface area contributed by atoms with Crippen LogP contribution in [0.2, 0.25) is 0 Å². The minimum Gasteiger partial charge on any atom is -0.497 e. The molecule has 2 rings (SSSR count). The van der Waals surface area contributed by atoms with E-state index < -0.39 is 0 Å². The zero-order chi connectivity index (χ0) is 14.9. The molecule has 0 bridgehead atoms. The van der Waals surface area contributed by atoms with Gasteiger partial charge in [-0.2, -0.15) is 0 Å². The van der Waals surface area contributed by atoms with Crippen LogP contribution >= 0.6 is 0 Å². The molecular weight excluding hydrogens is 256 g/mol. The van der Waals surface area contributed by atoms with Crippen molar-refractivity contribution in [2.45, 2.75) is 33.6 Å². The Kier molecular flexibility index (Phi) is 3.93. The van der Waals surface area contributed by atoms with E-state index in [0.717, 1.165) is 5.56 Å². The molecule has 0 amide bonds. The summed E-state index contributed by atoms with van der Waals surface area (Å²) in [5.41, 5.74) is 1.17. The van der Waals surface area contributed by atoms with Crippen LogP contribution in [0.5, 0.6) is 5.75 Å². The number of carbonyl (C=O) groups is 1. The lowest BCUT2D eigenvalue weighted by Gasteiger charge is -2.10. The van der Waals surface area contributed by atoms with E-state index in [2.05, 4.69) is 0 Å². The van der Waals surface area contributed by atoms with Crippen LogP contribution in [0, 0.1) is 6.92 Å². The van der Waals surface area contributed by atoms with Crippen LogP contribution < -0.4 is 10.2 Å². The second-order valence-corrected chi connectivity index (χ2v) is 4.68. The number of aryl methyl sites for hydroxylation is 2. The third kappa shape index (κ3) is 2.22. The maximum Gasteiger partial charge on any atom is 0.204 e. The highest BCUT2D eigenvalue weighted by Crippen LogP contribution is 2.25. The average molecular weight is 274 g/mol.